The summed E-state index contributed by atoms with van der Waals surface area (Å²) in [6.45, 7) is 12.6. The number of fused-ring (bicyclic) bond motifs is 5. The maximum absolute atomic E-state index is 14.1. The number of hydrogen-bond acceptors (Lipinski definition) is 6. The van der Waals surface area contributed by atoms with E-state index in [9.17, 15) is 9.59 Å². The number of ether oxygens (including phenoxy) is 3. The molecule has 2 aromatic carbocycles. The molecule has 1 aromatic heterocycles. The van der Waals surface area contributed by atoms with Crippen molar-refractivity contribution in [2.45, 2.75) is 91.2 Å². The summed E-state index contributed by atoms with van der Waals surface area (Å²) in [5.41, 5.74) is 5.72. The van der Waals surface area contributed by atoms with Crippen LogP contribution in [0.5, 0.6) is 5.75 Å². The Bertz CT molecular complexity index is 1480. The first kappa shape index (κ1) is 35.5. The molecule has 1 saturated carbocycles. The second kappa shape index (κ2) is 16.0. The first-order valence-corrected chi connectivity index (χ1v) is 17.2. The third kappa shape index (κ3) is 8.13. The molecule has 1 amide bonds. The van der Waals surface area contributed by atoms with Crippen molar-refractivity contribution in [1.82, 2.24) is 14.8 Å². The van der Waals surface area contributed by atoms with Gasteiger partial charge in [-0.3, -0.25) is 4.79 Å². The third-order valence-corrected chi connectivity index (χ3v) is 8.98. The zero-order chi connectivity index (χ0) is 33.4. The molecular weight excluding hydrogens is 578 g/mol. The van der Waals surface area contributed by atoms with Crippen molar-refractivity contribution in [1.29, 1.82) is 0 Å². The van der Waals surface area contributed by atoms with Gasteiger partial charge in [0.05, 0.1) is 37.5 Å². The van der Waals surface area contributed by atoms with Crippen LogP contribution in [0.1, 0.15) is 94.1 Å². The molecule has 0 bridgehead atoms. The molecule has 3 aromatic rings. The number of amides is 1. The van der Waals surface area contributed by atoms with Gasteiger partial charge in [0, 0.05) is 43.1 Å². The van der Waals surface area contributed by atoms with Crippen molar-refractivity contribution < 1.29 is 23.8 Å². The van der Waals surface area contributed by atoms with E-state index in [1.807, 2.05) is 66.9 Å². The number of aromatic nitrogens is 1. The van der Waals surface area contributed by atoms with Gasteiger partial charge in [0.15, 0.2) is 0 Å². The summed E-state index contributed by atoms with van der Waals surface area (Å²) in [5, 5.41) is 4.25. The first-order valence-electron chi connectivity index (χ1n) is 17.2. The molecule has 1 fully saturated rings. The molecule has 1 atom stereocenters. The van der Waals surface area contributed by atoms with E-state index in [4.69, 9.17) is 14.2 Å². The van der Waals surface area contributed by atoms with Gasteiger partial charge in [0.2, 0.25) is 5.91 Å². The largest absolute Gasteiger partial charge is 0.497 e. The van der Waals surface area contributed by atoms with E-state index in [2.05, 4.69) is 28.1 Å². The number of methoxy groups -OCH3 is 1. The topological polar surface area (TPSA) is 82.0 Å². The van der Waals surface area contributed by atoms with Gasteiger partial charge in [-0.2, -0.15) is 0 Å². The van der Waals surface area contributed by atoms with E-state index in [1.165, 1.54) is 35.9 Å². The van der Waals surface area contributed by atoms with Crippen LogP contribution in [-0.4, -0.2) is 74.5 Å². The van der Waals surface area contributed by atoms with Crippen LogP contribution in [0.15, 0.2) is 36.4 Å². The number of rotatable bonds is 10. The van der Waals surface area contributed by atoms with E-state index in [-0.39, 0.29) is 17.8 Å². The Morgan fingerprint density at radius 1 is 1.02 bits per heavy atom. The predicted molar refractivity (Wildman–Crippen MR) is 186 cm³/mol. The van der Waals surface area contributed by atoms with Gasteiger partial charge < -0.3 is 29.0 Å². The minimum Gasteiger partial charge on any atom is -0.497 e. The molecule has 8 heteroatoms. The molecule has 1 N–H and O–H groups in total. The summed E-state index contributed by atoms with van der Waals surface area (Å²) in [5.74, 6) is 0.683. The van der Waals surface area contributed by atoms with Gasteiger partial charge in [0.25, 0.3) is 0 Å². The minimum atomic E-state index is -0.591. The van der Waals surface area contributed by atoms with Crippen LogP contribution in [0.2, 0.25) is 0 Å². The highest BCUT2D eigenvalue weighted by Crippen LogP contribution is 2.47. The third-order valence-electron chi connectivity index (χ3n) is 8.98. The van der Waals surface area contributed by atoms with Crippen LogP contribution < -0.4 is 10.1 Å². The number of nitrogens with one attached hydrogen (secondary N) is 1. The van der Waals surface area contributed by atoms with Crippen LogP contribution in [-0.2, 0) is 27.2 Å². The number of carbonyl (C=O) groups excluding carboxylic acids is 2. The van der Waals surface area contributed by atoms with Crippen molar-refractivity contribution >= 4 is 22.8 Å². The van der Waals surface area contributed by atoms with Crippen LogP contribution in [0, 0.1) is 5.92 Å². The van der Waals surface area contributed by atoms with Gasteiger partial charge in [-0.15, -0.1) is 0 Å². The maximum atomic E-state index is 14.1. The summed E-state index contributed by atoms with van der Waals surface area (Å²) in [6, 6.07) is 12.3. The van der Waals surface area contributed by atoms with Crippen LogP contribution in [0.25, 0.3) is 22.2 Å². The normalized spacial score (nSPS) is 16.5. The van der Waals surface area contributed by atoms with Crippen LogP contribution in [0.3, 0.4) is 0 Å². The molecule has 0 saturated heterocycles. The number of likely N-dealkylation sites (N-methyl/N-ethyl adjacent to an activating group) is 2. The molecule has 8 nitrogen and oxygen atoms in total. The lowest BCUT2D eigenvalue weighted by molar-refractivity contribution is -0.135. The molecule has 1 aliphatic carbocycles. The molecule has 252 valence electrons. The monoisotopic (exact) mass is 633 g/mol. The fraction of sp³-hybridized carbons (Fsp3) is 0.579. The fourth-order valence-corrected chi connectivity index (χ4v) is 6.84. The van der Waals surface area contributed by atoms with Gasteiger partial charge in [-0.05, 0) is 94.5 Å². The Kier molecular flexibility index (Phi) is 12.3. The fourth-order valence-electron chi connectivity index (χ4n) is 6.84. The molecular formula is C38H55N3O5. The Labute approximate surface area is 275 Å². The van der Waals surface area contributed by atoms with Gasteiger partial charge >= 0.3 is 5.97 Å². The highest BCUT2D eigenvalue weighted by Gasteiger charge is 2.34. The molecule has 1 aliphatic heterocycles. The lowest BCUT2D eigenvalue weighted by Gasteiger charge is -2.24. The second-order valence-electron chi connectivity index (χ2n) is 13.3. The van der Waals surface area contributed by atoms with Gasteiger partial charge in [-0.25, -0.2) is 4.79 Å². The van der Waals surface area contributed by atoms with E-state index in [0.717, 1.165) is 41.8 Å². The predicted octanol–water partition coefficient (Wildman–Crippen LogP) is 7.21. The number of esters is 1. The van der Waals surface area contributed by atoms with Crippen molar-refractivity contribution in [2.75, 3.05) is 47.5 Å². The quantitative estimate of drug-likeness (QED) is 0.188. The zero-order valence-electron chi connectivity index (χ0n) is 29.3. The van der Waals surface area contributed by atoms with Crippen molar-refractivity contribution in [3.8, 4) is 17.0 Å². The van der Waals surface area contributed by atoms with E-state index in [1.54, 1.807) is 12.0 Å². The lowest BCUT2D eigenvalue weighted by Crippen LogP contribution is -2.38. The Morgan fingerprint density at radius 2 is 1.76 bits per heavy atom. The summed E-state index contributed by atoms with van der Waals surface area (Å²) in [4.78, 5) is 29.1. The maximum Gasteiger partial charge on any atom is 0.338 e. The highest BCUT2D eigenvalue weighted by molar-refractivity contribution is 5.99. The first-order chi connectivity index (χ1) is 22.1. The molecule has 2 heterocycles. The summed E-state index contributed by atoms with van der Waals surface area (Å²) in [7, 11) is 5.45. The molecule has 1 unspecified atom stereocenters. The van der Waals surface area contributed by atoms with Gasteiger partial charge in [0.1, 0.15) is 11.4 Å². The van der Waals surface area contributed by atoms with Crippen molar-refractivity contribution in [3.05, 3.63) is 53.1 Å². The number of carbonyl (C=O) groups is 2. The average molecular weight is 634 g/mol. The Balaban J connectivity index is 0.00000235. The lowest BCUT2D eigenvalue weighted by atomic mass is 9.81. The van der Waals surface area contributed by atoms with E-state index >= 15 is 0 Å². The zero-order valence-corrected chi connectivity index (χ0v) is 29.3. The molecule has 0 radical (unpaired) electrons. The summed E-state index contributed by atoms with van der Waals surface area (Å²) < 4.78 is 19.5. The summed E-state index contributed by atoms with van der Waals surface area (Å²) in [6.07, 6.45) is 6.58. The molecule has 2 aliphatic rings. The second-order valence-corrected chi connectivity index (χ2v) is 13.3. The van der Waals surface area contributed by atoms with Crippen molar-refractivity contribution in [2.24, 2.45) is 5.92 Å². The van der Waals surface area contributed by atoms with Gasteiger partial charge in [-0.1, -0.05) is 39.2 Å². The Morgan fingerprint density at radius 3 is 2.43 bits per heavy atom. The standard InChI is InChI=1S/C36H49N3O5.C2H6/c1-36(2,3)44-35(41)25-12-14-30-31(22-25)39-23-27(34(40)38(5)17-19-43-18-16-37-4)20-26-21-28(42-6)13-15-29(26)33(39)32(30)24-10-8-7-9-11-24;1-2/h12-15,21-22,24,27,37H,7-11,16-20,23H2,1-6H3;1-2H3. The highest BCUT2D eigenvalue weighted by atomic mass is 16.6. The number of nitrogens with zero attached hydrogens (tertiary/aromatic N) is 2. The SMILES string of the molecule is CC.CNCCOCCN(C)C(=O)C1Cc2cc(OC)ccc2-c2c(C3CCCCC3)c3ccc(C(=O)OC(C)(C)C)cc3n2C1. The smallest absolute Gasteiger partial charge is 0.338 e. The molecule has 46 heavy (non-hydrogen) atoms. The van der Waals surface area contributed by atoms with E-state index < -0.39 is 5.60 Å². The average Bonchev–Trinajstić information content (AvgIpc) is 3.26. The minimum absolute atomic E-state index is 0.0909. The summed E-state index contributed by atoms with van der Waals surface area (Å²) >= 11 is 0. The van der Waals surface area contributed by atoms with E-state index in [0.29, 0.717) is 44.2 Å². The van der Waals surface area contributed by atoms with Crippen molar-refractivity contribution in [3.63, 3.8) is 0 Å². The van der Waals surface area contributed by atoms with Crippen LogP contribution in [0.4, 0.5) is 0 Å². The van der Waals surface area contributed by atoms with Crippen LogP contribution >= 0.6 is 0 Å². The number of benzene rings is 2. The molecule has 5 rings (SSSR count). The molecule has 0 spiro atoms. The Hall–Kier alpha value is -3.36. The number of hydrogen-bond donors (Lipinski definition) is 1.